The molecule has 1 aliphatic heterocycles. The van der Waals surface area contributed by atoms with Gasteiger partial charge in [-0.1, -0.05) is 29.5 Å². The van der Waals surface area contributed by atoms with Crippen molar-refractivity contribution in [2.24, 2.45) is 0 Å². The minimum atomic E-state index is -0.269. The van der Waals surface area contributed by atoms with Crippen molar-refractivity contribution >= 4 is 44.9 Å². The van der Waals surface area contributed by atoms with Crippen LogP contribution in [0.15, 0.2) is 67.0 Å². The molecule has 2 atom stereocenters. The Morgan fingerprint density at radius 1 is 1.19 bits per heavy atom. The van der Waals surface area contributed by atoms with Gasteiger partial charge in [-0.25, -0.2) is 4.98 Å². The molecule has 1 aromatic carbocycles. The Hall–Kier alpha value is -3.30. The van der Waals surface area contributed by atoms with Crippen LogP contribution >= 0.6 is 23.6 Å². The number of fused-ring (bicyclic) bond motifs is 1. The normalized spacial score (nSPS) is 18.2. The summed E-state index contributed by atoms with van der Waals surface area (Å²) in [6.45, 7) is 0.442. The number of hydrogen-bond donors (Lipinski definition) is 1. The minimum Gasteiger partial charge on any atom is -0.469 e. The van der Waals surface area contributed by atoms with Gasteiger partial charge in [-0.3, -0.25) is 14.3 Å². The summed E-state index contributed by atoms with van der Waals surface area (Å²) >= 11 is 7.32. The first-order valence-corrected chi connectivity index (χ1v) is 11.5. The number of carbonyl (C=O) groups excluding carboxylic acids is 1. The third-order valence-corrected chi connectivity index (χ3v) is 6.94. The van der Waals surface area contributed by atoms with Gasteiger partial charge in [0.1, 0.15) is 0 Å². The zero-order chi connectivity index (χ0) is 22.1. The van der Waals surface area contributed by atoms with Crippen LogP contribution in [-0.2, 0) is 9.53 Å². The number of aromatic nitrogens is 3. The lowest BCUT2D eigenvalue weighted by Crippen LogP contribution is -2.32. The largest absolute Gasteiger partial charge is 0.469 e. The number of thiocarbonyl (C=S) groups is 1. The summed E-state index contributed by atoms with van der Waals surface area (Å²) < 4.78 is 8.09. The summed E-state index contributed by atoms with van der Waals surface area (Å²) in [4.78, 5) is 23.3. The zero-order valence-electron chi connectivity index (χ0n) is 17.3. The van der Waals surface area contributed by atoms with E-state index in [1.807, 2.05) is 53.6 Å². The molecule has 5 rings (SSSR count). The predicted molar refractivity (Wildman–Crippen MR) is 128 cm³/mol. The molecule has 1 fully saturated rings. The summed E-state index contributed by atoms with van der Waals surface area (Å²) in [5.74, 6) is -0.269. The average molecular weight is 464 g/mol. The summed E-state index contributed by atoms with van der Waals surface area (Å²) in [7, 11) is 1.40. The molecule has 1 aliphatic rings. The molecule has 32 heavy (non-hydrogen) atoms. The van der Waals surface area contributed by atoms with E-state index >= 15 is 0 Å². The third-order valence-electron chi connectivity index (χ3n) is 5.55. The molecule has 4 aromatic rings. The van der Waals surface area contributed by atoms with Gasteiger partial charge in [0.25, 0.3) is 0 Å². The average Bonchev–Trinajstić information content (AvgIpc) is 3.54. The molecular weight excluding hydrogens is 442 g/mol. The molecule has 0 radical (unpaired) electrons. The molecule has 1 saturated heterocycles. The standard InChI is InChI=1S/C23H21N5O2S2/c1-30-19(29)11-14-28-21(20(26-22(28)31)16-8-4-5-12-24-16)17-9-6-13-27(17)23-25-15-7-2-3-10-18(15)32-23/h2-10,12-13,20-21H,11,14H2,1H3,(H,26,31). The van der Waals surface area contributed by atoms with Gasteiger partial charge in [0.2, 0.25) is 0 Å². The highest BCUT2D eigenvalue weighted by Gasteiger charge is 2.41. The number of carbonyl (C=O) groups is 1. The maximum absolute atomic E-state index is 11.9. The van der Waals surface area contributed by atoms with Crippen LogP contribution in [0.25, 0.3) is 15.3 Å². The molecule has 3 aromatic heterocycles. The highest BCUT2D eigenvalue weighted by Crippen LogP contribution is 2.40. The van der Waals surface area contributed by atoms with Crippen LogP contribution < -0.4 is 5.32 Å². The second-order valence-electron chi connectivity index (χ2n) is 7.41. The molecule has 162 valence electrons. The minimum absolute atomic E-state index is 0.163. The van der Waals surface area contributed by atoms with Gasteiger partial charge >= 0.3 is 5.97 Å². The molecule has 4 heterocycles. The number of thiazole rings is 1. The second kappa shape index (κ2) is 8.68. The van der Waals surface area contributed by atoms with Gasteiger partial charge in [-0.15, -0.1) is 0 Å². The monoisotopic (exact) mass is 463 g/mol. The predicted octanol–water partition coefficient (Wildman–Crippen LogP) is 4.02. The fourth-order valence-corrected chi connectivity index (χ4v) is 5.36. The Kier molecular flexibility index (Phi) is 5.59. The SMILES string of the molecule is COC(=O)CCN1C(=S)NC(c2ccccn2)C1c1cccn1-c1nc2ccccc2s1. The Balaban J connectivity index is 1.58. The lowest BCUT2D eigenvalue weighted by Gasteiger charge is -2.28. The first kappa shape index (κ1) is 20.6. The number of nitrogens with one attached hydrogen (secondary N) is 1. The van der Waals surface area contributed by atoms with Gasteiger partial charge in [-0.05, 0) is 48.6 Å². The van der Waals surface area contributed by atoms with E-state index in [2.05, 4.69) is 27.0 Å². The van der Waals surface area contributed by atoms with Crippen LogP contribution in [0.1, 0.15) is 29.9 Å². The number of ether oxygens (including phenoxy) is 1. The molecule has 2 unspecified atom stereocenters. The molecule has 1 N–H and O–H groups in total. The van der Waals surface area contributed by atoms with Crippen LogP contribution in [-0.4, -0.2) is 44.2 Å². The molecule has 7 nitrogen and oxygen atoms in total. The van der Waals surface area contributed by atoms with Gasteiger partial charge in [-0.2, -0.15) is 0 Å². The first-order valence-electron chi connectivity index (χ1n) is 10.2. The summed E-state index contributed by atoms with van der Waals surface area (Å²) in [5, 5.41) is 4.89. The summed E-state index contributed by atoms with van der Waals surface area (Å²) in [6, 6.07) is 17.7. The zero-order valence-corrected chi connectivity index (χ0v) is 19.0. The van der Waals surface area contributed by atoms with E-state index in [9.17, 15) is 4.79 Å². The number of pyridine rings is 1. The van der Waals surface area contributed by atoms with E-state index in [1.165, 1.54) is 7.11 Å². The Morgan fingerprint density at radius 3 is 2.81 bits per heavy atom. The van der Waals surface area contributed by atoms with E-state index in [-0.39, 0.29) is 24.5 Å². The van der Waals surface area contributed by atoms with Gasteiger partial charge < -0.3 is 15.0 Å². The van der Waals surface area contributed by atoms with E-state index in [1.54, 1.807) is 17.5 Å². The Labute approximate surface area is 194 Å². The second-order valence-corrected chi connectivity index (χ2v) is 8.81. The summed E-state index contributed by atoms with van der Waals surface area (Å²) in [6.07, 6.45) is 4.04. The molecule has 0 saturated carbocycles. The van der Waals surface area contributed by atoms with Crippen molar-refractivity contribution in [3.8, 4) is 5.13 Å². The van der Waals surface area contributed by atoms with E-state index in [0.29, 0.717) is 11.7 Å². The van der Waals surface area contributed by atoms with Crippen molar-refractivity contribution in [3.05, 3.63) is 78.4 Å². The number of para-hydroxylation sites is 1. The maximum Gasteiger partial charge on any atom is 0.307 e. The van der Waals surface area contributed by atoms with Crippen LogP contribution in [0.2, 0.25) is 0 Å². The van der Waals surface area contributed by atoms with Crippen molar-refractivity contribution in [1.82, 2.24) is 24.8 Å². The van der Waals surface area contributed by atoms with Crippen molar-refractivity contribution in [2.75, 3.05) is 13.7 Å². The number of esters is 1. The van der Waals surface area contributed by atoms with Crippen molar-refractivity contribution in [1.29, 1.82) is 0 Å². The number of hydrogen-bond acceptors (Lipinski definition) is 6. The molecule has 0 spiro atoms. The van der Waals surface area contributed by atoms with E-state index in [4.69, 9.17) is 21.9 Å². The molecule has 0 aliphatic carbocycles. The fourth-order valence-electron chi connectivity index (χ4n) is 4.05. The Morgan fingerprint density at radius 2 is 2.03 bits per heavy atom. The Bertz CT molecular complexity index is 1240. The van der Waals surface area contributed by atoms with Crippen molar-refractivity contribution in [3.63, 3.8) is 0 Å². The lowest BCUT2D eigenvalue weighted by atomic mass is 10.0. The van der Waals surface area contributed by atoms with Crippen molar-refractivity contribution < 1.29 is 9.53 Å². The topological polar surface area (TPSA) is 72.3 Å². The quantitative estimate of drug-likeness (QED) is 0.342. The third kappa shape index (κ3) is 3.74. The summed E-state index contributed by atoms with van der Waals surface area (Å²) in [5.41, 5.74) is 2.88. The van der Waals surface area contributed by atoms with Crippen LogP contribution in [0.5, 0.6) is 0 Å². The molecular formula is C23H21N5O2S2. The maximum atomic E-state index is 11.9. The highest BCUT2D eigenvalue weighted by atomic mass is 32.1. The number of rotatable bonds is 6. The van der Waals surface area contributed by atoms with E-state index in [0.717, 1.165) is 26.7 Å². The van der Waals surface area contributed by atoms with Gasteiger partial charge in [0.15, 0.2) is 10.2 Å². The van der Waals surface area contributed by atoms with Crippen molar-refractivity contribution in [2.45, 2.75) is 18.5 Å². The first-order chi connectivity index (χ1) is 15.7. The van der Waals surface area contributed by atoms with Crippen LogP contribution in [0.4, 0.5) is 0 Å². The molecule has 9 heteroatoms. The molecule has 0 amide bonds. The van der Waals surface area contributed by atoms with Crippen LogP contribution in [0, 0.1) is 0 Å². The smallest absolute Gasteiger partial charge is 0.307 e. The van der Waals surface area contributed by atoms with Crippen LogP contribution in [0.3, 0.4) is 0 Å². The van der Waals surface area contributed by atoms with Gasteiger partial charge in [0.05, 0.1) is 47.2 Å². The molecule has 0 bridgehead atoms. The van der Waals surface area contributed by atoms with E-state index < -0.39 is 0 Å². The highest BCUT2D eigenvalue weighted by molar-refractivity contribution is 7.80. The number of nitrogens with zero attached hydrogens (tertiary/aromatic N) is 4. The lowest BCUT2D eigenvalue weighted by molar-refractivity contribution is -0.140. The fraction of sp³-hybridized carbons (Fsp3) is 0.217. The number of methoxy groups -OCH3 is 1. The number of benzene rings is 1. The van der Waals surface area contributed by atoms with Gasteiger partial charge in [0, 0.05) is 18.9 Å².